The Labute approximate surface area is 184 Å². The van der Waals surface area contributed by atoms with E-state index in [2.05, 4.69) is 34.5 Å². The topological polar surface area (TPSA) is 61.9 Å². The lowest BCUT2D eigenvalue weighted by molar-refractivity contribution is 0.0527. The first kappa shape index (κ1) is 21.4. The molecular weight excluding hydrogens is 390 g/mol. The number of amides is 2. The number of piperidine rings is 1. The van der Waals surface area contributed by atoms with Crippen LogP contribution in [0.2, 0.25) is 0 Å². The van der Waals surface area contributed by atoms with Gasteiger partial charge in [-0.25, -0.2) is 9.59 Å². The minimum Gasteiger partial charge on any atom is -0.462 e. The SMILES string of the molecule is CCOC(=O)c1ccccc1NC(=O)N1CCCC(CN2CCc3ccccc3C2)C1. The van der Waals surface area contributed by atoms with Crippen molar-refractivity contribution in [1.82, 2.24) is 9.80 Å². The number of ether oxygens (including phenoxy) is 1. The van der Waals surface area contributed by atoms with E-state index in [1.165, 1.54) is 11.1 Å². The molecule has 6 nitrogen and oxygen atoms in total. The maximum absolute atomic E-state index is 13.0. The molecule has 6 heteroatoms. The predicted molar refractivity (Wildman–Crippen MR) is 121 cm³/mol. The van der Waals surface area contributed by atoms with Gasteiger partial charge in [0, 0.05) is 32.7 Å². The Morgan fingerprint density at radius 3 is 2.68 bits per heavy atom. The Morgan fingerprint density at radius 2 is 1.84 bits per heavy atom. The van der Waals surface area contributed by atoms with Gasteiger partial charge >= 0.3 is 12.0 Å². The molecule has 2 aliphatic rings. The number of carbonyl (C=O) groups is 2. The average Bonchev–Trinajstić information content (AvgIpc) is 2.79. The Morgan fingerprint density at radius 1 is 1.06 bits per heavy atom. The molecule has 2 aliphatic heterocycles. The second-order valence-corrected chi connectivity index (χ2v) is 8.40. The summed E-state index contributed by atoms with van der Waals surface area (Å²) in [4.78, 5) is 29.5. The van der Waals surface area contributed by atoms with Gasteiger partial charge in [0.2, 0.25) is 0 Å². The number of rotatable bonds is 5. The molecule has 1 fully saturated rings. The number of nitrogens with zero attached hydrogens (tertiary/aromatic N) is 2. The van der Waals surface area contributed by atoms with Gasteiger partial charge in [0.1, 0.15) is 0 Å². The third-order valence-electron chi connectivity index (χ3n) is 6.20. The summed E-state index contributed by atoms with van der Waals surface area (Å²) in [5.41, 5.74) is 3.78. The van der Waals surface area contributed by atoms with Gasteiger partial charge in [0.15, 0.2) is 0 Å². The van der Waals surface area contributed by atoms with Gasteiger partial charge in [-0.15, -0.1) is 0 Å². The fraction of sp³-hybridized carbons (Fsp3) is 0.440. The molecule has 0 radical (unpaired) electrons. The third-order valence-corrected chi connectivity index (χ3v) is 6.20. The largest absolute Gasteiger partial charge is 0.462 e. The normalized spacial score (nSPS) is 18.9. The van der Waals surface area contributed by atoms with Crippen LogP contribution < -0.4 is 5.32 Å². The Hall–Kier alpha value is -2.86. The van der Waals surface area contributed by atoms with Crippen LogP contribution in [-0.2, 0) is 17.7 Å². The molecular formula is C25H31N3O3. The Bertz CT molecular complexity index is 930. The predicted octanol–water partition coefficient (Wildman–Crippen LogP) is 4.17. The number of para-hydroxylation sites is 1. The second kappa shape index (κ2) is 9.96. The van der Waals surface area contributed by atoms with Gasteiger partial charge in [0.25, 0.3) is 0 Å². The standard InChI is InChI=1S/C25H31N3O3/c1-2-31-24(29)22-11-5-6-12-23(22)26-25(30)28-14-7-8-19(17-28)16-27-15-13-20-9-3-4-10-21(20)18-27/h3-6,9-12,19H,2,7-8,13-18H2,1H3,(H,26,30). The lowest BCUT2D eigenvalue weighted by Gasteiger charge is -2.37. The van der Waals surface area contributed by atoms with Crippen molar-refractivity contribution in [2.24, 2.45) is 5.92 Å². The summed E-state index contributed by atoms with van der Waals surface area (Å²) in [5.74, 6) is 0.0466. The highest BCUT2D eigenvalue weighted by atomic mass is 16.5. The molecule has 1 atom stereocenters. The molecule has 0 aliphatic carbocycles. The van der Waals surface area contributed by atoms with Crippen LogP contribution in [-0.4, -0.2) is 54.6 Å². The van der Waals surface area contributed by atoms with Gasteiger partial charge in [-0.05, 0) is 55.4 Å². The van der Waals surface area contributed by atoms with E-state index in [1.807, 2.05) is 11.0 Å². The number of urea groups is 1. The van der Waals surface area contributed by atoms with Crippen molar-refractivity contribution in [1.29, 1.82) is 0 Å². The number of hydrogen-bond acceptors (Lipinski definition) is 4. The number of nitrogens with one attached hydrogen (secondary N) is 1. The van der Waals surface area contributed by atoms with E-state index in [1.54, 1.807) is 25.1 Å². The van der Waals surface area contributed by atoms with Crippen LogP contribution in [0.1, 0.15) is 41.3 Å². The highest BCUT2D eigenvalue weighted by molar-refractivity contribution is 6.00. The van der Waals surface area contributed by atoms with Crippen molar-refractivity contribution in [3.05, 3.63) is 65.2 Å². The molecule has 2 aromatic rings. The molecule has 0 spiro atoms. The molecule has 0 saturated carbocycles. The van der Waals surface area contributed by atoms with E-state index in [0.717, 1.165) is 52.0 Å². The fourth-order valence-electron chi connectivity index (χ4n) is 4.65. The van der Waals surface area contributed by atoms with Crippen LogP contribution in [0.15, 0.2) is 48.5 Å². The highest BCUT2D eigenvalue weighted by Gasteiger charge is 2.27. The van der Waals surface area contributed by atoms with E-state index >= 15 is 0 Å². The zero-order valence-corrected chi connectivity index (χ0v) is 18.2. The number of hydrogen-bond donors (Lipinski definition) is 1. The summed E-state index contributed by atoms with van der Waals surface area (Å²) >= 11 is 0. The molecule has 31 heavy (non-hydrogen) atoms. The molecule has 0 bridgehead atoms. The molecule has 1 unspecified atom stereocenters. The number of fused-ring (bicyclic) bond motifs is 1. The maximum atomic E-state index is 13.0. The fourth-order valence-corrected chi connectivity index (χ4v) is 4.65. The molecule has 164 valence electrons. The zero-order chi connectivity index (χ0) is 21.6. The molecule has 1 N–H and O–H groups in total. The van der Waals surface area contributed by atoms with Gasteiger partial charge in [0.05, 0.1) is 17.9 Å². The van der Waals surface area contributed by atoms with Crippen LogP contribution in [0, 0.1) is 5.92 Å². The van der Waals surface area contributed by atoms with Crippen molar-refractivity contribution in [3.63, 3.8) is 0 Å². The van der Waals surface area contributed by atoms with Crippen LogP contribution in [0.4, 0.5) is 10.5 Å². The van der Waals surface area contributed by atoms with Crippen LogP contribution >= 0.6 is 0 Å². The summed E-state index contributed by atoms with van der Waals surface area (Å²) in [5, 5.41) is 2.93. The lowest BCUT2D eigenvalue weighted by Crippen LogP contribution is -2.46. The monoisotopic (exact) mass is 421 g/mol. The van der Waals surface area contributed by atoms with Crippen molar-refractivity contribution in [2.45, 2.75) is 32.7 Å². The first-order valence-electron chi connectivity index (χ1n) is 11.2. The van der Waals surface area contributed by atoms with E-state index in [4.69, 9.17) is 4.74 Å². The minimum absolute atomic E-state index is 0.148. The zero-order valence-electron chi connectivity index (χ0n) is 18.2. The number of likely N-dealkylation sites (tertiary alicyclic amines) is 1. The lowest BCUT2D eigenvalue weighted by atomic mass is 9.95. The average molecular weight is 422 g/mol. The first-order valence-corrected chi connectivity index (χ1v) is 11.2. The van der Waals surface area contributed by atoms with Gasteiger partial charge in [-0.2, -0.15) is 0 Å². The van der Waals surface area contributed by atoms with Crippen molar-refractivity contribution in [3.8, 4) is 0 Å². The van der Waals surface area contributed by atoms with E-state index < -0.39 is 5.97 Å². The smallest absolute Gasteiger partial charge is 0.340 e. The quantitative estimate of drug-likeness (QED) is 0.737. The summed E-state index contributed by atoms with van der Waals surface area (Å²) in [6.45, 7) is 6.64. The number of esters is 1. The number of carbonyl (C=O) groups excluding carboxylic acids is 2. The van der Waals surface area contributed by atoms with Crippen molar-refractivity contribution in [2.75, 3.05) is 38.1 Å². The minimum atomic E-state index is -0.416. The summed E-state index contributed by atoms with van der Waals surface area (Å²) in [6.07, 6.45) is 3.24. The van der Waals surface area contributed by atoms with E-state index in [-0.39, 0.29) is 6.03 Å². The van der Waals surface area contributed by atoms with Gasteiger partial charge < -0.3 is 15.0 Å². The van der Waals surface area contributed by atoms with E-state index in [0.29, 0.717) is 23.8 Å². The van der Waals surface area contributed by atoms with Gasteiger partial charge in [-0.3, -0.25) is 4.90 Å². The van der Waals surface area contributed by atoms with Gasteiger partial charge in [-0.1, -0.05) is 36.4 Å². The summed E-state index contributed by atoms with van der Waals surface area (Å²) < 4.78 is 5.11. The molecule has 4 rings (SSSR count). The van der Waals surface area contributed by atoms with Crippen molar-refractivity contribution >= 4 is 17.7 Å². The number of benzene rings is 2. The third kappa shape index (κ3) is 5.25. The molecule has 2 amide bonds. The molecule has 2 heterocycles. The van der Waals surface area contributed by atoms with E-state index in [9.17, 15) is 9.59 Å². The maximum Gasteiger partial charge on any atom is 0.340 e. The number of anilines is 1. The van der Waals surface area contributed by atoms with Crippen LogP contribution in [0.3, 0.4) is 0 Å². The molecule has 0 aromatic heterocycles. The van der Waals surface area contributed by atoms with Crippen LogP contribution in [0.25, 0.3) is 0 Å². The summed E-state index contributed by atoms with van der Waals surface area (Å²) in [6, 6.07) is 15.6. The van der Waals surface area contributed by atoms with Crippen LogP contribution in [0.5, 0.6) is 0 Å². The summed E-state index contributed by atoms with van der Waals surface area (Å²) in [7, 11) is 0. The second-order valence-electron chi connectivity index (χ2n) is 8.40. The van der Waals surface area contributed by atoms with Crippen molar-refractivity contribution < 1.29 is 14.3 Å². The highest BCUT2D eigenvalue weighted by Crippen LogP contribution is 2.24. The molecule has 2 aromatic carbocycles. The molecule has 1 saturated heterocycles. The first-order chi connectivity index (χ1) is 15.1. The Balaban J connectivity index is 1.35. The Kier molecular flexibility index (Phi) is 6.87.